The van der Waals surface area contributed by atoms with Crippen LogP contribution >= 0.6 is 11.6 Å². The molecule has 4 heteroatoms. The molecule has 0 fully saturated rings. The molecule has 0 radical (unpaired) electrons. The van der Waals surface area contributed by atoms with Crippen molar-refractivity contribution in [2.75, 3.05) is 0 Å². The molecule has 0 saturated carbocycles. The lowest BCUT2D eigenvalue weighted by atomic mass is 9.97. The molecular weight excluding hydrogens is 378 g/mol. The van der Waals surface area contributed by atoms with Gasteiger partial charge in [0.25, 0.3) is 0 Å². The Kier molecular flexibility index (Phi) is 6.16. The highest BCUT2D eigenvalue weighted by Gasteiger charge is 2.23. The molecule has 1 unspecified atom stereocenters. The van der Waals surface area contributed by atoms with E-state index >= 15 is 0 Å². The molecule has 144 valence electrons. The minimum absolute atomic E-state index is 0.131. The largest absolute Gasteiger partial charge is 0.257 e. The number of aromatic nitrogens is 2. The Bertz CT molecular complexity index is 1130. The molecule has 0 aliphatic heterocycles. The molecule has 0 aliphatic rings. The third kappa shape index (κ3) is 3.94. The Morgan fingerprint density at radius 2 is 1.90 bits per heavy atom. The van der Waals surface area contributed by atoms with Gasteiger partial charge in [0.1, 0.15) is 12.1 Å². The van der Waals surface area contributed by atoms with Gasteiger partial charge in [-0.3, -0.25) is 4.68 Å². The molecule has 3 rings (SSSR count). The third-order valence-electron chi connectivity index (χ3n) is 4.92. The van der Waals surface area contributed by atoms with E-state index in [2.05, 4.69) is 31.4 Å². The fourth-order valence-corrected chi connectivity index (χ4v) is 3.83. The number of aryl methyl sites for hydroxylation is 1. The van der Waals surface area contributed by atoms with Gasteiger partial charge in [-0.1, -0.05) is 79.4 Å². The zero-order valence-electron chi connectivity index (χ0n) is 16.6. The molecule has 0 N–H and O–H groups in total. The number of nitriles is 1. The molecule has 3 nitrogen and oxygen atoms in total. The number of hydrogen-bond acceptors (Lipinski definition) is 2. The summed E-state index contributed by atoms with van der Waals surface area (Å²) >= 11 is 6.28. The highest BCUT2D eigenvalue weighted by molar-refractivity contribution is 6.32. The second-order valence-corrected chi connectivity index (χ2v) is 7.12. The van der Waals surface area contributed by atoms with E-state index in [9.17, 15) is 0 Å². The van der Waals surface area contributed by atoms with Crippen molar-refractivity contribution in [2.24, 2.45) is 0 Å². The first kappa shape index (κ1) is 20.4. The van der Waals surface area contributed by atoms with Crippen LogP contribution in [0.5, 0.6) is 0 Å². The molecule has 3 aromatic rings. The highest BCUT2D eigenvalue weighted by Crippen LogP contribution is 2.35. The number of nitrogens with zero attached hydrogens (tertiary/aromatic N) is 3. The topological polar surface area (TPSA) is 41.6 Å². The molecular formula is C25H22ClN3. The maximum absolute atomic E-state index is 9.16. The van der Waals surface area contributed by atoms with Crippen molar-refractivity contribution < 1.29 is 0 Å². The van der Waals surface area contributed by atoms with Crippen molar-refractivity contribution in [2.45, 2.75) is 19.9 Å². The van der Waals surface area contributed by atoms with E-state index in [0.29, 0.717) is 10.6 Å². The summed E-state index contributed by atoms with van der Waals surface area (Å²) in [7, 11) is 0. The Morgan fingerprint density at radius 3 is 2.48 bits per heavy atom. The van der Waals surface area contributed by atoms with Gasteiger partial charge in [-0.2, -0.15) is 10.4 Å². The van der Waals surface area contributed by atoms with Crippen LogP contribution in [0.1, 0.15) is 28.6 Å². The zero-order chi connectivity index (χ0) is 21.0. The summed E-state index contributed by atoms with van der Waals surface area (Å²) in [5.41, 5.74) is 6.43. The quantitative estimate of drug-likeness (QED) is 0.439. The van der Waals surface area contributed by atoms with E-state index in [1.807, 2.05) is 61.0 Å². The van der Waals surface area contributed by atoms with E-state index in [4.69, 9.17) is 22.0 Å². The van der Waals surface area contributed by atoms with Crippen molar-refractivity contribution in [3.63, 3.8) is 0 Å². The first-order valence-corrected chi connectivity index (χ1v) is 9.65. The molecule has 2 aromatic carbocycles. The van der Waals surface area contributed by atoms with Crippen LogP contribution in [0.15, 0.2) is 85.5 Å². The normalized spacial score (nSPS) is 12.3. The Morgan fingerprint density at radius 1 is 1.17 bits per heavy atom. The van der Waals surface area contributed by atoms with Crippen LogP contribution in [0.3, 0.4) is 0 Å². The van der Waals surface area contributed by atoms with Crippen LogP contribution in [0.2, 0.25) is 5.02 Å². The van der Waals surface area contributed by atoms with Crippen LogP contribution in [0.4, 0.5) is 0 Å². The second-order valence-electron chi connectivity index (χ2n) is 6.72. The van der Waals surface area contributed by atoms with Crippen LogP contribution in [0.25, 0.3) is 11.1 Å². The summed E-state index contributed by atoms with van der Waals surface area (Å²) in [5, 5.41) is 14.5. The number of halogens is 1. The molecule has 0 amide bonds. The van der Waals surface area contributed by atoms with Crippen LogP contribution in [0, 0.1) is 25.2 Å². The van der Waals surface area contributed by atoms with Gasteiger partial charge in [0.2, 0.25) is 0 Å². The van der Waals surface area contributed by atoms with Crippen molar-refractivity contribution in [1.29, 1.82) is 5.26 Å². The van der Waals surface area contributed by atoms with Crippen LogP contribution in [-0.4, -0.2) is 9.78 Å². The number of hydrogen-bond donors (Lipinski definition) is 0. The molecule has 0 aliphatic carbocycles. The Labute approximate surface area is 176 Å². The van der Waals surface area contributed by atoms with E-state index in [1.165, 1.54) is 0 Å². The van der Waals surface area contributed by atoms with E-state index < -0.39 is 0 Å². The van der Waals surface area contributed by atoms with Crippen LogP contribution in [-0.2, 0) is 0 Å². The lowest BCUT2D eigenvalue weighted by Crippen LogP contribution is -2.15. The SMILES string of the molecule is C=C/C=C(\C=C)C(c1ccccc1)n1nc(C)c(-c2ccc(C#N)c(Cl)c2)c1C. The van der Waals surface area contributed by atoms with E-state index in [0.717, 1.165) is 33.7 Å². The zero-order valence-corrected chi connectivity index (χ0v) is 17.3. The summed E-state index contributed by atoms with van der Waals surface area (Å²) in [4.78, 5) is 0. The number of rotatable bonds is 6. The Balaban J connectivity index is 2.22. The van der Waals surface area contributed by atoms with E-state index in [1.54, 1.807) is 12.1 Å². The molecule has 0 saturated heterocycles. The minimum atomic E-state index is -0.131. The maximum atomic E-state index is 9.16. The summed E-state index contributed by atoms with van der Waals surface area (Å²) < 4.78 is 2.02. The number of allylic oxidation sites excluding steroid dienone is 4. The van der Waals surface area contributed by atoms with Gasteiger partial charge in [0, 0.05) is 11.3 Å². The second kappa shape index (κ2) is 8.77. The van der Waals surface area contributed by atoms with Crippen molar-refractivity contribution in [3.8, 4) is 17.2 Å². The van der Waals surface area contributed by atoms with Gasteiger partial charge < -0.3 is 0 Å². The van der Waals surface area contributed by atoms with Crippen LogP contribution < -0.4 is 0 Å². The predicted molar refractivity (Wildman–Crippen MR) is 120 cm³/mol. The average molecular weight is 400 g/mol. The first-order valence-electron chi connectivity index (χ1n) is 9.27. The summed E-state index contributed by atoms with van der Waals surface area (Å²) in [6.45, 7) is 11.9. The Hall–Kier alpha value is -3.35. The standard InChI is InChI=1S/C25H22ClN3/c1-5-10-19(6-2)25(20-11-8-7-9-12-20)29-18(4)24(17(3)28-29)21-13-14-22(16-27)23(26)15-21/h5-15,25H,1-2H2,3-4H3/b19-10+. The fraction of sp³-hybridized carbons (Fsp3) is 0.120. The smallest absolute Gasteiger partial charge is 0.102 e. The van der Waals surface area contributed by atoms with Gasteiger partial charge in [0.15, 0.2) is 0 Å². The van der Waals surface area contributed by atoms with Gasteiger partial charge in [-0.25, -0.2) is 0 Å². The molecule has 1 aromatic heterocycles. The van der Waals surface area contributed by atoms with Gasteiger partial charge in [-0.05, 0) is 42.7 Å². The average Bonchev–Trinajstić information content (AvgIpc) is 3.02. The predicted octanol–water partition coefficient (Wildman–Crippen LogP) is 6.58. The summed E-state index contributed by atoms with van der Waals surface area (Å²) in [6, 6.07) is 17.7. The van der Waals surface area contributed by atoms with Gasteiger partial charge >= 0.3 is 0 Å². The first-order chi connectivity index (χ1) is 14.0. The fourth-order valence-electron chi connectivity index (χ4n) is 3.61. The molecule has 0 bridgehead atoms. The molecule has 0 spiro atoms. The minimum Gasteiger partial charge on any atom is -0.257 e. The van der Waals surface area contributed by atoms with E-state index in [-0.39, 0.29) is 6.04 Å². The van der Waals surface area contributed by atoms with Crippen molar-refractivity contribution in [3.05, 3.63) is 113 Å². The molecule has 1 atom stereocenters. The maximum Gasteiger partial charge on any atom is 0.102 e. The molecule has 29 heavy (non-hydrogen) atoms. The number of benzene rings is 2. The monoisotopic (exact) mass is 399 g/mol. The van der Waals surface area contributed by atoms with Crippen molar-refractivity contribution in [1.82, 2.24) is 9.78 Å². The van der Waals surface area contributed by atoms with Crippen molar-refractivity contribution >= 4 is 11.6 Å². The summed E-state index contributed by atoms with van der Waals surface area (Å²) in [5.74, 6) is 0. The lowest BCUT2D eigenvalue weighted by Gasteiger charge is -2.21. The highest BCUT2D eigenvalue weighted by atomic mass is 35.5. The lowest BCUT2D eigenvalue weighted by molar-refractivity contribution is 0.575. The summed E-state index contributed by atoms with van der Waals surface area (Å²) in [6.07, 6.45) is 5.56. The third-order valence-corrected chi connectivity index (χ3v) is 5.24. The van der Waals surface area contributed by atoms with Gasteiger partial charge in [0.05, 0.1) is 16.3 Å². The van der Waals surface area contributed by atoms with Gasteiger partial charge in [-0.15, -0.1) is 0 Å². The molecule has 1 heterocycles.